The lowest BCUT2D eigenvalue weighted by molar-refractivity contribution is 0.0401. The average Bonchev–Trinajstić information content (AvgIpc) is 3.14. The number of anilines is 3. The van der Waals surface area contributed by atoms with Crippen molar-refractivity contribution in [1.82, 2.24) is 14.7 Å². The fourth-order valence-electron chi connectivity index (χ4n) is 4.09. The summed E-state index contributed by atoms with van der Waals surface area (Å²) in [5.41, 5.74) is 8.64. The quantitative estimate of drug-likeness (QED) is 0.537. The summed E-state index contributed by atoms with van der Waals surface area (Å²) in [5, 5.41) is 20.0. The first-order chi connectivity index (χ1) is 15.8. The van der Waals surface area contributed by atoms with Crippen LogP contribution in [0.1, 0.15) is 27.9 Å². The molecule has 0 unspecified atom stereocenters. The van der Waals surface area contributed by atoms with E-state index in [1.54, 1.807) is 15.8 Å². The summed E-state index contributed by atoms with van der Waals surface area (Å²) in [7, 11) is 0. The van der Waals surface area contributed by atoms with Gasteiger partial charge in [-0.15, -0.1) is 0 Å². The van der Waals surface area contributed by atoms with E-state index >= 15 is 0 Å². The van der Waals surface area contributed by atoms with Gasteiger partial charge in [-0.25, -0.2) is 4.79 Å². The van der Waals surface area contributed by atoms with Gasteiger partial charge in [-0.05, 0) is 49.2 Å². The number of carbonyl (C=O) groups excluding carboxylic acids is 2. The van der Waals surface area contributed by atoms with Crippen molar-refractivity contribution in [2.24, 2.45) is 5.73 Å². The fraction of sp³-hybridized carbons (Fsp3) is 0.250. The molecular formula is C24H25N7O2. The molecule has 1 aliphatic rings. The highest BCUT2D eigenvalue weighted by atomic mass is 16.2. The number of amides is 3. The van der Waals surface area contributed by atoms with E-state index in [0.717, 1.165) is 22.5 Å². The lowest BCUT2D eigenvalue weighted by Crippen LogP contribution is -2.65. The Morgan fingerprint density at radius 2 is 1.79 bits per heavy atom. The monoisotopic (exact) mass is 443 g/mol. The zero-order chi connectivity index (χ0) is 23.6. The van der Waals surface area contributed by atoms with Gasteiger partial charge in [0.2, 0.25) is 0 Å². The molecule has 9 heteroatoms. The smallest absolute Gasteiger partial charge is 0.322 e. The van der Waals surface area contributed by atoms with Gasteiger partial charge in [0.05, 0.1) is 25.6 Å². The van der Waals surface area contributed by atoms with Crippen molar-refractivity contribution < 1.29 is 9.59 Å². The molecule has 2 aromatic carbocycles. The third-order valence-corrected chi connectivity index (χ3v) is 5.64. The molecule has 1 aromatic heterocycles. The van der Waals surface area contributed by atoms with Gasteiger partial charge >= 0.3 is 6.03 Å². The van der Waals surface area contributed by atoms with Crippen LogP contribution in [0.15, 0.2) is 54.7 Å². The molecule has 3 aromatic rings. The van der Waals surface area contributed by atoms with E-state index in [-0.39, 0.29) is 31.1 Å². The van der Waals surface area contributed by atoms with Crippen LogP contribution in [0.3, 0.4) is 0 Å². The normalized spacial score (nSPS) is 14.2. The van der Waals surface area contributed by atoms with Gasteiger partial charge in [0.25, 0.3) is 5.91 Å². The Labute approximate surface area is 191 Å². The van der Waals surface area contributed by atoms with Crippen molar-refractivity contribution in [3.05, 3.63) is 71.4 Å². The minimum atomic E-state index is -0.741. The highest BCUT2D eigenvalue weighted by Crippen LogP contribution is 2.34. The molecule has 0 bridgehead atoms. The molecule has 4 rings (SSSR count). The lowest BCUT2D eigenvalue weighted by atomic mass is 9.87. The van der Waals surface area contributed by atoms with Crippen molar-refractivity contribution in [2.45, 2.75) is 25.8 Å². The molecular weight excluding hydrogens is 418 g/mol. The summed E-state index contributed by atoms with van der Waals surface area (Å²) < 4.78 is 1.59. The number of nitrogens with two attached hydrogens (primary N) is 1. The number of aryl methyl sites for hydroxylation is 2. The Balaban J connectivity index is 1.54. The van der Waals surface area contributed by atoms with Crippen LogP contribution in [-0.4, -0.2) is 39.7 Å². The number of carbonyl (C=O) groups is 2. The Hall–Kier alpha value is -4.32. The van der Waals surface area contributed by atoms with Crippen LogP contribution in [0.5, 0.6) is 0 Å². The second-order valence-corrected chi connectivity index (χ2v) is 8.41. The first-order valence-electron chi connectivity index (χ1n) is 10.5. The standard InChI is InChI=1S/C24H25N7O2/c1-16-10-17(2)12-19(11-16)28-23(33)30-14-24(15-30,8-9-25)31-13-20(21(26)32)22(29-31)27-18-6-4-3-5-7-18/h3-7,10-13H,8,14-15H2,1-2H3,(H2,26,32)(H,27,29)(H,28,33). The van der Waals surface area contributed by atoms with E-state index < -0.39 is 11.4 Å². The summed E-state index contributed by atoms with van der Waals surface area (Å²) >= 11 is 0. The van der Waals surface area contributed by atoms with Crippen molar-refractivity contribution in [1.29, 1.82) is 5.26 Å². The van der Waals surface area contributed by atoms with E-state index in [2.05, 4.69) is 21.8 Å². The number of nitrogens with zero attached hydrogens (tertiary/aromatic N) is 4. The number of rotatable bonds is 6. The molecule has 0 saturated carbocycles. The maximum atomic E-state index is 12.8. The van der Waals surface area contributed by atoms with Crippen molar-refractivity contribution in [2.75, 3.05) is 23.7 Å². The molecule has 0 spiro atoms. The Morgan fingerprint density at radius 3 is 2.39 bits per heavy atom. The first kappa shape index (κ1) is 21.9. The summed E-state index contributed by atoms with van der Waals surface area (Å²) in [6.45, 7) is 4.50. The highest BCUT2D eigenvalue weighted by Gasteiger charge is 2.48. The molecule has 33 heavy (non-hydrogen) atoms. The summed E-state index contributed by atoms with van der Waals surface area (Å²) in [4.78, 5) is 26.4. The SMILES string of the molecule is Cc1cc(C)cc(NC(=O)N2CC(CC#N)(n3cc(C(N)=O)c(Nc4ccccc4)n3)C2)c1. The summed E-state index contributed by atoms with van der Waals surface area (Å²) in [5.74, 6) is -0.320. The van der Waals surface area contributed by atoms with E-state index in [9.17, 15) is 14.9 Å². The lowest BCUT2D eigenvalue weighted by Gasteiger charge is -2.48. The Morgan fingerprint density at radius 1 is 1.12 bits per heavy atom. The molecule has 1 saturated heterocycles. The average molecular weight is 444 g/mol. The Bertz CT molecular complexity index is 1220. The number of hydrogen-bond acceptors (Lipinski definition) is 5. The molecule has 0 atom stereocenters. The van der Waals surface area contributed by atoms with Gasteiger partial charge in [-0.3, -0.25) is 9.48 Å². The topological polar surface area (TPSA) is 129 Å². The van der Waals surface area contributed by atoms with Crippen LogP contribution in [-0.2, 0) is 5.54 Å². The third kappa shape index (κ3) is 4.50. The van der Waals surface area contributed by atoms with Crippen LogP contribution >= 0.6 is 0 Å². The van der Waals surface area contributed by atoms with Crippen LogP contribution in [0.25, 0.3) is 0 Å². The highest BCUT2D eigenvalue weighted by molar-refractivity contribution is 5.98. The molecule has 168 valence electrons. The van der Waals surface area contributed by atoms with Crippen LogP contribution in [0.2, 0.25) is 0 Å². The van der Waals surface area contributed by atoms with Crippen molar-refractivity contribution in [3.63, 3.8) is 0 Å². The zero-order valence-electron chi connectivity index (χ0n) is 18.5. The number of urea groups is 1. The van der Waals surface area contributed by atoms with Crippen LogP contribution < -0.4 is 16.4 Å². The fourth-order valence-corrected chi connectivity index (χ4v) is 4.09. The maximum Gasteiger partial charge on any atom is 0.322 e. The predicted molar refractivity (Wildman–Crippen MR) is 125 cm³/mol. The van der Waals surface area contributed by atoms with E-state index in [0.29, 0.717) is 5.82 Å². The predicted octanol–water partition coefficient (Wildman–Crippen LogP) is 3.50. The molecule has 0 radical (unpaired) electrons. The number of likely N-dealkylation sites (tertiary alicyclic amines) is 1. The minimum Gasteiger partial charge on any atom is -0.365 e. The van der Waals surface area contributed by atoms with Crippen molar-refractivity contribution >= 4 is 29.1 Å². The van der Waals surface area contributed by atoms with Gasteiger partial charge in [0.1, 0.15) is 11.1 Å². The van der Waals surface area contributed by atoms with Gasteiger partial charge in [-0.1, -0.05) is 24.3 Å². The van der Waals surface area contributed by atoms with E-state index in [4.69, 9.17) is 5.73 Å². The van der Waals surface area contributed by atoms with Gasteiger partial charge in [-0.2, -0.15) is 10.4 Å². The van der Waals surface area contributed by atoms with Gasteiger partial charge < -0.3 is 21.3 Å². The zero-order valence-corrected chi connectivity index (χ0v) is 18.5. The first-order valence-corrected chi connectivity index (χ1v) is 10.5. The maximum absolute atomic E-state index is 12.8. The van der Waals surface area contributed by atoms with Crippen LogP contribution in [0, 0.1) is 25.2 Å². The van der Waals surface area contributed by atoms with Gasteiger partial charge in [0.15, 0.2) is 5.82 Å². The van der Waals surface area contributed by atoms with Crippen molar-refractivity contribution in [3.8, 4) is 6.07 Å². The largest absolute Gasteiger partial charge is 0.365 e. The summed E-state index contributed by atoms with van der Waals surface area (Å²) in [6.07, 6.45) is 1.68. The molecule has 1 aliphatic heterocycles. The molecule has 9 nitrogen and oxygen atoms in total. The third-order valence-electron chi connectivity index (χ3n) is 5.64. The number of para-hydroxylation sites is 1. The van der Waals surface area contributed by atoms with Crippen LogP contribution in [0.4, 0.5) is 22.0 Å². The second kappa shape index (κ2) is 8.67. The Kier molecular flexibility index (Phi) is 5.75. The number of hydrogen-bond donors (Lipinski definition) is 3. The second-order valence-electron chi connectivity index (χ2n) is 8.41. The van der Waals surface area contributed by atoms with Gasteiger partial charge in [0, 0.05) is 17.6 Å². The number of aromatic nitrogens is 2. The molecule has 1 fully saturated rings. The number of nitriles is 1. The molecule has 4 N–H and O–H groups in total. The number of nitrogens with one attached hydrogen (secondary N) is 2. The summed E-state index contributed by atoms with van der Waals surface area (Å²) in [6, 6.07) is 17.1. The molecule has 0 aliphatic carbocycles. The van der Waals surface area contributed by atoms with E-state index in [1.807, 2.05) is 62.4 Å². The number of primary amides is 1. The molecule has 3 amide bonds. The number of benzene rings is 2. The minimum absolute atomic E-state index is 0.130. The van der Waals surface area contributed by atoms with E-state index in [1.165, 1.54) is 0 Å². The molecule has 2 heterocycles.